The summed E-state index contributed by atoms with van der Waals surface area (Å²) in [6.45, 7) is 4.57. The van der Waals surface area contributed by atoms with Crippen LogP contribution in [0.5, 0.6) is 0 Å². The summed E-state index contributed by atoms with van der Waals surface area (Å²) in [5.74, 6) is 0. The molecule has 114 valence electrons. The molecule has 18 heavy (non-hydrogen) atoms. The van der Waals surface area contributed by atoms with Crippen LogP contribution in [0.4, 0.5) is 0 Å². The van der Waals surface area contributed by atoms with Crippen LogP contribution >= 0.6 is 0 Å². The number of hydrogen-bond acceptors (Lipinski definition) is 8. The molecule has 0 saturated carbocycles. The topological polar surface area (TPSA) is 163 Å². The number of aliphatic hydroxyl groups is 2. The van der Waals surface area contributed by atoms with Gasteiger partial charge in [0.05, 0.1) is 39.6 Å². The minimum atomic E-state index is -0.125. The van der Waals surface area contributed by atoms with E-state index in [9.17, 15) is 0 Å². The second kappa shape index (κ2) is 30.1. The maximum atomic E-state index is 7.62. The first-order valence-corrected chi connectivity index (χ1v) is 5.92. The summed E-state index contributed by atoms with van der Waals surface area (Å²) < 4.78 is 9.76. The van der Waals surface area contributed by atoms with Gasteiger partial charge < -0.3 is 42.6 Å². The van der Waals surface area contributed by atoms with Crippen molar-refractivity contribution in [1.82, 2.24) is 0 Å². The first-order chi connectivity index (χ1) is 8.74. The summed E-state index contributed by atoms with van der Waals surface area (Å²) in [5, 5.41) is 15.2. The average Bonchev–Trinajstić information content (AvgIpc) is 2.41. The van der Waals surface area contributed by atoms with Gasteiger partial charge in [-0.15, -0.1) is 0 Å². The van der Waals surface area contributed by atoms with Crippen molar-refractivity contribution in [1.29, 1.82) is 0 Å². The van der Waals surface area contributed by atoms with E-state index in [-0.39, 0.29) is 13.2 Å². The highest BCUT2D eigenvalue weighted by Gasteiger charge is 1.78. The molecule has 0 fully saturated rings. The van der Waals surface area contributed by atoms with Gasteiger partial charge in [-0.05, 0) is 0 Å². The van der Waals surface area contributed by atoms with Crippen molar-refractivity contribution >= 4 is 0 Å². The van der Waals surface area contributed by atoms with Crippen LogP contribution in [-0.4, -0.2) is 76.0 Å². The molecule has 0 rings (SSSR count). The number of aliphatic hydroxyl groups excluding tert-OH is 2. The van der Waals surface area contributed by atoms with Gasteiger partial charge in [0.1, 0.15) is 0 Å². The van der Waals surface area contributed by atoms with E-state index < -0.39 is 0 Å². The SMILES string of the molecule is NCCOCCN.NCCOCCN.OCCO. The van der Waals surface area contributed by atoms with E-state index in [4.69, 9.17) is 42.6 Å². The van der Waals surface area contributed by atoms with Gasteiger partial charge in [-0.2, -0.15) is 0 Å². The molecule has 0 bridgehead atoms. The molecule has 0 aromatic carbocycles. The van der Waals surface area contributed by atoms with E-state index in [1.54, 1.807) is 0 Å². The molecule has 0 aliphatic heterocycles. The van der Waals surface area contributed by atoms with Crippen LogP contribution in [0.25, 0.3) is 0 Å². The lowest BCUT2D eigenvalue weighted by Gasteiger charge is -1.95. The molecule has 10 N–H and O–H groups in total. The molecular weight excluding hydrogens is 240 g/mol. The van der Waals surface area contributed by atoms with E-state index in [1.165, 1.54) is 0 Å². The summed E-state index contributed by atoms with van der Waals surface area (Å²) in [4.78, 5) is 0. The number of hydrogen-bond donors (Lipinski definition) is 6. The van der Waals surface area contributed by atoms with Gasteiger partial charge >= 0.3 is 0 Å². The Bertz CT molecular complexity index is 91.9. The molecule has 0 aliphatic rings. The molecule has 8 nitrogen and oxygen atoms in total. The Balaban J connectivity index is -0.000000196. The zero-order valence-electron chi connectivity index (χ0n) is 11.1. The highest BCUT2D eigenvalue weighted by molar-refractivity contribution is 4.32. The molecule has 0 aliphatic carbocycles. The summed E-state index contributed by atoms with van der Waals surface area (Å²) in [6, 6.07) is 0. The zero-order chi connectivity index (χ0) is 14.5. The third-order valence-electron chi connectivity index (χ3n) is 1.15. The normalized spacial score (nSPS) is 9.00. The Hall–Kier alpha value is -0.320. The largest absolute Gasteiger partial charge is 0.394 e. The van der Waals surface area contributed by atoms with Crippen LogP contribution in [0.15, 0.2) is 0 Å². The Kier molecular flexibility index (Phi) is 38.1. The van der Waals surface area contributed by atoms with Crippen molar-refractivity contribution in [3.63, 3.8) is 0 Å². The standard InChI is InChI=1S/2C4H12N2O.C2H6O2/c2*5-1-3-7-4-2-6;3-1-2-4/h2*1-6H2;3-4H,1-2H2. The van der Waals surface area contributed by atoms with E-state index >= 15 is 0 Å². The van der Waals surface area contributed by atoms with Crippen LogP contribution in [0.1, 0.15) is 0 Å². The minimum absolute atomic E-state index is 0.125. The lowest BCUT2D eigenvalue weighted by Crippen LogP contribution is -2.13. The van der Waals surface area contributed by atoms with Crippen molar-refractivity contribution < 1.29 is 19.7 Å². The summed E-state index contributed by atoms with van der Waals surface area (Å²) in [5.41, 5.74) is 20.4. The lowest BCUT2D eigenvalue weighted by molar-refractivity contribution is 0.149. The predicted octanol–water partition coefficient (Wildman–Crippen LogP) is -3.19. The Morgan fingerprint density at radius 2 is 0.778 bits per heavy atom. The highest BCUT2D eigenvalue weighted by Crippen LogP contribution is 1.65. The van der Waals surface area contributed by atoms with Crippen molar-refractivity contribution in [2.45, 2.75) is 0 Å². The zero-order valence-corrected chi connectivity index (χ0v) is 11.1. The van der Waals surface area contributed by atoms with E-state index in [2.05, 4.69) is 0 Å². The smallest absolute Gasteiger partial charge is 0.0662 e. The fraction of sp³-hybridized carbons (Fsp3) is 1.00. The van der Waals surface area contributed by atoms with Crippen LogP contribution < -0.4 is 22.9 Å². The first-order valence-electron chi connectivity index (χ1n) is 5.92. The van der Waals surface area contributed by atoms with Crippen molar-refractivity contribution in [3.8, 4) is 0 Å². The second-order valence-corrected chi connectivity index (χ2v) is 2.83. The summed E-state index contributed by atoms with van der Waals surface area (Å²) in [6.07, 6.45) is 0. The van der Waals surface area contributed by atoms with Gasteiger partial charge in [-0.25, -0.2) is 0 Å². The van der Waals surface area contributed by atoms with Crippen LogP contribution in [0, 0.1) is 0 Å². The molecule has 0 radical (unpaired) electrons. The molecule has 0 spiro atoms. The van der Waals surface area contributed by atoms with E-state index in [0.29, 0.717) is 52.6 Å². The maximum Gasteiger partial charge on any atom is 0.0662 e. The third kappa shape index (κ3) is 44.8. The van der Waals surface area contributed by atoms with E-state index in [0.717, 1.165) is 0 Å². The molecule has 0 amide bonds. The van der Waals surface area contributed by atoms with Gasteiger partial charge in [-0.1, -0.05) is 0 Å². The molecular formula is C10H30N4O4. The van der Waals surface area contributed by atoms with E-state index in [1.807, 2.05) is 0 Å². The summed E-state index contributed by atoms with van der Waals surface area (Å²) >= 11 is 0. The molecule has 0 heterocycles. The van der Waals surface area contributed by atoms with Gasteiger partial charge in [0.15, 0.2) is 0 Å². The summed E-state index contributed by atoms with van der Waals surface area (Å²) in [7, 11) is 0. The predicted molar refractivity (Wildman–Crippen MR) is 72.0 cm³/mol. The minimum Gasteiger partial charge on any atom is -0.394 e. The molecule has 0 aromatic heterocycles. The number of nitrogens with two attached hydrogens (primary N) is 4. The van der Waals surface area contributed by atoms with Gasteiger partial charge in [0.25, 0.3) is 0 Å². The average molecular weight is 270 g/mol. The molecule has 0 aromatic rings. The van der Waals surface area contributed by atoms with Gasteiger partial charge in [0, 0.05) is 26.2 Å². The van der Waals surface area contributed by atoms with Gasteiger partial charge in [-0.3, -0.25) is 0 Å². The second-order valence-electron chi connectivity index (χ2n) is 2.83. The van der Waals surface area contributed by atoms with Crippen molar-refractivity contribution in [2.75, 3.05) is 65.8 Å². The first kappa shape index (κ1) is 22.8. The van der Waals surface area contributed by atoms with Crippen molar-refractivity contribution in [2.24, 2.45) is 22.9 Å². The number of rotatable bonds is 9. The third-order valence-corrected chi connectivity index (χ3v) is 1.15. The molecule has 0 atom stereocenters. The van der Waals surface area contributed by atoms with Gasteiger partial charge in [0.2, 0.25) is 0 Å². The Morgan fingerprint density at radius 1 is 0.556 bits per heavy atom. The Morgan fingerprint density at radius 3 is 0.889 bits per heavy atom. The molecule has 8 heteroatoms. The fourth-order valence-corrected chi connectivity index (χ4v) is 0.537. The maximum absolute atomic E-state index is 7.62. The number of ether oxygens (including phenoxy) is 2. The quantitative estimate of drug-likeness (QED) is 0.239. The lowest BCUT2D eigenvalue weighted by atomic mass is 10.7. The fourth-order valence-electron chi connectivity index (χ4n) is 0.537. The van der Waals surface area contributed by atoms with Crippen molar-refractivity contribution in [3.05, 3.63) is 0 Å². The molecule has 0 saturated heterocycles. The monoisotopic (exact) mass is 270 g/mol. The highest BCUT2D eigenvalue weighted by atomic mass is 16.5. The molecule has 0 unspecified atom stereocenters. The van der Waals surface area contributed by atoms with Crippen LogP contribution in [-0.2, 0) is 9.47 Å². The van der Waals surface area contributed by atoms with Crippen LogP contribution in [0.2, 0.25) is 0 Å². The Labute approximate surface area is 109 Å². The van der Waals surface area contributed by atoms with Crippen LogP contribution in [0.3, 0.4) is 0 Å².